The van der Waals surface area contributed by atoms with Gasteiger partial charge in [-0.25, -0.2) is 0 Å². The number of halogens is 1. The van der Waals surface area contributed by atoms with Gasteiger partial charge in [-0.05, 0) is 35.1 Å². The highest BCUT2D eigenvalue weighted by Gasteiger charge is 2.16. The molecule has 16 heavy (non-hydrogen) atoms. The van der Waals surface area contributed by atoms with E-state index >= 15 is 0 Å². The smallest absolute Gasteiger partial charge is 0.274 e. The van der Waals surface area contributed by atoms with E-state index in [4.69, 9.17) is 0 Å². The number of ketones is 1. The second kappa shape index (κ2) is 5.93. The summed E-state index contributed by atoms with van der Waals surface area (Å²) in [6.07, 6.45) is 1.40. The summed E-state index contributed by atoms with van der Waals surface area (Å²) in [5, 5.41) is 10.8. The lowest BCUT2D eigenvalue weighted by Gasteiger charge is -2.02. The third kappa shape index (κ3) is 3.55. The van der Waals surface area contributed by atoms with Gasteiger partial charge in [-0.1, -0.05) is 13.0 Å². The molecule has 0 N–H and O–H groups in total. The Balaban J connectivity index is 2.95. The molecule has 0 fully saturated rings. The van der Waals surface area contributed by atoms with Crippen molar-refractivity contribution in [3.05, 3.63) is 37.4 Å². The van der Waals surface area contributed by atoms with Crippen LogP contribution in [0.4, 0.5) is 5.69 Å². The maximum Gasteiger partial charge on any atom is 0.274 e. The first-order chi connectivity index (χ1) is 7.54. The number of benzene rings is 1. The predicted molar refractivity (Wildman–Crippen MR) is 69.4 cm³/mol. The summed E-state index contributed by atoms with van der Waals surface area (Å²) >= 11 is 2.02. The first-order valence-corrected chi connectivity index (χ1v) is 6.07. The molecule has 0 radical (unpaired) electrons. The Hall–Kier alpha value is -0.980. The lowest BCUT2D eigenvalue weighted by atomic mass is 10.0. The normalized spacial score (nSPS) is 10.1. The molecule has 1 rings (SSSR count). The van der Waals surface area contributed by atoms with Crippen molar-refractivity contribution >= 4 is 34.1 Å². The van der Waals surface area contributed by atoms with E-state index in [2.05, 4.69) is 0 Å². The third-order valence-corrected chi connectivity index (χ3v) is 2.83. The summed E-state index contributed by atoms with van der Waals surface area (Å²) in [5.41, 5.74) is 0.542. The van der Waals surface area contributed by atoms with E-state index in [0.29, 0.717) is 12.0 Å². The molecule has 0 aliphatic carbocycles. The average molecular weight is 333 g/mol. The molecule has 0 saturated heterocycles. The van der Waals surface area contributed by atoms with Crippen LogP contribution in [0.25, 0.3) is 0 Å². The largest absolute Gasteiger partial charge is 0.299 e. The molecule has 86 valence electrons. The van der Waals surface area contributed by atoms with E-state index in [0.717, 1.165) is 9.99 Å². The number of rotatable bonds is 5. The van der Waals surface area contributed by atoms with Crippen molar-refractivity contribution < 1.29 is 9.72 Å². The lowest BCUT2D eigenvalue weighted by Crippen LogP contribution is -2.05. The Morgan fingerprint density at radius 1 is 1.50 bits per heavy atom. The van der Waals surface area contributed by atoms with E-state index in [1.54, 1.807) is 12.1 Å². The first-order valence-electron chi connectivity index (χ1n) is 4.99. The van der Waals surface area contributed by atoms with Crippen LogP contribution in [0.1, 0.15) is 25.3 Å². The lowest BCUT2D eigenvalue weighted by molar-refractivity contribution is -0.385. The molecular formula is C11H12INO3. The zero-order valence-electron chi connectivity index (χ0n) is 8.90. The maximum atomic E-state index is 11.4. The monoisotopic (exact) mass is 333 g/mol. The van der Waals surface area contributed by atoms with Gasteiger partial charge in [0.25, 0.3) is 5.69 Å². The second-order valence-corrected chi connectivity index (χ2v) is 4.74. The van der Waals surface area contributed by atoms with E-state index in [9.17, 15) is 14.9 Å². The maximum absolute atomic E-state index is 11.4. The van der Waals surface area contributed by atoms with Crippen LogP contribution in [0.2, 0.25) is 0 Å². The van der Waals surface area contributed by atoms with Gasteiger partial charge in [-0.15, -0.1) is 0 Å². The van der Waals surface area contributed by atoms with Crippen LogP contribution in [0.15, 0.2) is 18.2 Å². The molecule has 0 saturated carbocycles. The van der Waals surface area contributed by atoms with Crippen LogP contribution in [0.5, 0.6) is 0 Å². The molecule has 4 nitrogen and oxygen atoms in total. The molecule has 0 atom stereocenters. The Bertz CT molecular complexity index is 418. The molecule has 0 heterocycles. The first kappa shape index (κ1) is 13.1. The van der Waals surface area contributed by atoms with Gasteiger partial charge >= 0.3 is 0 Å². The summed E-state index contributed by atoms with van der Waals surface area (Å²) < 4.78 is 0.802. The van der Waals surface area contributed by atoms with E-state index in [1.807, 2.05) is 29.5 Å². The molecule has 1 aromatic carbocycles. The third-order valence-electron chi connectivity index (χ3n) is 2.16. The van der Waals surface area contributed by atoms with Crippen molar-refractivity contribution in [2.75, 3.05) is 0 Å². The highest BCUT2D eigenvalue weighted by atomic mass is 127. The van der Waals surface area contributed by atoms with Crippen LogP contribution in [-0.4, -0.2) is 10.7 Å². The Labute approximate surface area is 107 Å². The van der Waals surface area contributed by atoms with Crippen LogP contribution in [-0.2, 0) is 11.2 Å². The summed E-state index contributed by atoms with van der Waals surface area (Å²) in [5.74, 6) is 0.0480. The number of nitrogens with zero attached hydrogens (tertiary/aromatic N) is 1. The standard InChI is InChI=1S/C11H12INO3/c1-2-3-10(14)6-8-4-5-9(12)7-11(8)13(15)16/h4-5,7H,2-3,6H2,1H3. The minimum absolute atomic E-state index is 0.0383. The van der Waals surface area contributed by atoms with Crippen molar-refractivity contribution in [1.82, 2.24) is 0 Å². The Morgan fingerprint density at radius 2 is 2.19 bits per heavy atom. The van der Waals surface area contributed by atoms with Crippen LogP contribution < -0.4 is 0 Å². The number of carbonyl (C=O) groups is 1. The quantitative estimate of drug-likeness (QED) is 0.473. The molecule has 0 spiro atoms. The fourth-order valence-electron chi connectivity index (χ4n) is 1.44. The van der Waals surface area contributed by atoms with Gasteiger partial charge < -0.3 is 0 Å². The van der Waals surface area contributed by atoms with Crippen molar-refractivity contribution in [3.8, 4) is 0 Å². The molecule has 0 amide bonds. The zero-order valence-corrected chi connectivity index (χ0v) is 11.1. The summed E-state index contributed by atoms with van der Waals surface area (Å²) in [4.78, 5) is 21.8. The van der Waals surface area contributed by atoms with Crippen molar-refractivity contribution in [3.63, 3.8) is 0 Å². The van der Waals surface area contributed by atoms with E-state index in [-0.39, 0.29) is 17.9 Å². The number of nitro benzene ring substituents is 1. The molecule has 5 heteroatoms. The van der Waals surface area contributed by atoms with E-state index < -0.39 is 4.92 Å². The number of carbonyl (C=O) groups excluding carboxylic acids is 1. The predicted octanol–water partition coefficient (Wildman–Crippen LogP) is 3.11. The number of hydrogen-bond acceptors (Lipinski definition) is 3. The topological polar surface area (TPSA) is 60.2 Å². The highest BCUT2D eigenvalue weighted by molar-refractivity contribution is 14.1. The van der Waals surface area contributed by atoms with Gasteiger partial charge in [0.2, 0.25) is 0 Å². The van der Waals surface area contributed by atoms with Gasteiger partial charge in [0.1, 0.15) is 5.78 Å². The van der Waals surface area contributed by atoms with Crippen LogP contribution >= 0.6 is 22.6 Å². The zero-order chi connectivity index (χ0) is 12.1. The molecule has 0 bridgehead atoms. The summed E-state index contributed by atoms with van der Waals surface area (Å²) in [6.45, 7) is 1.92. The highest BCUT2D eigenvalue weighted by Crippen LogP contribution is 2.22. The molecule has 0 unspecified atom stereocenters. The van der Waals surface area contributed by atoms with Crippen molar-refractivity contribution in [2.45, 2.75) is 26.2 Å². The molecule has 0 aromatic heterocycles. The van der Waals surface area contributed by atoms with Crippen molar-refractivity contribution in [2.24, 2.45) is 0 Å². The van der Waals surface area contributed by atoms with Gasteiger partial charge in [0.15, 0.2) is 0 Å². The molecular weight excluding hydrogens is 321 g/mol. The van der Waals surface area contributed by atoms with Gasteiger partial charge in [-0.2, -0.15) is 0 Å². The van der Waals surface area contributed by atoms with Crippen LogP contribution in [0, 0.1) is 13.7 Å². The number of hydrogen-bond donors (Lipinski definition) is 0. The summed E-state index contributed by atoms with van der Waals surface area (Å²) in [7, 11) is 0. The summed E-state index contributed by atoms with van der Waals surface area (Å²) in [6, 6.07) is 4.94. The fraction of sp³-hybridized carbons (Fsp3) is 0.364. The fourth-order valence-corrected chi connectivity index (χ4v) is 1.91. The average Bonchev–Trinajstić information content (AvgIpc) is 2.20. The minimum Gasteiger partial charge on any atom is -0.299 e. The van der Waals surface area contributed by atoms with Gasteiger partial charge in [0.05, 0.1) is 4.92 Å². The van der Waals surface area contributed by atoms with E-state index in [1.165, 1.54) is 6.07 Å². The number of nitro groups is 1. The van der Waals surface area contributed by atoms with Crippen molar-refractivity contribution in [1.29, 1.82) is 0 Å². The van der Waals surface area contributed by atoms with Gasteiger partial charge in [0, 0.05) is 28.0 Å². The minimum atomic E-state index is -0.434. The Kier molecular flexibility index (Phi) is 4.85. The van der Waals surface area contributed by atoms with Crippen LogP contribution in [0.3, 0.4) is 0 Å². The van der Waals surface area contributed by atoms with Gasteiger partial charge in [-0.3, -0.25) is 14.9 Å². The Morgan fingerprint density at radius 3 is 2.75 bits per heavy atom. The molecule has 1 aromatic rings. The molecule has 0 aliphatic rings. The molecule has 0 aliphatic heterocycles. The number of Topliss-reactive ketones (excluding diaryl/α,β-unsaturated/α-hetero) is 1. The second-order valence-electron chi connectivity index (χ2n) is 3.50. The SMILES string of the molecule is CCCC(=O)Cc1ccc(I)cc1[N+](=O)[O-].